The molecule has 0 aromatic heterocycles. The molecule has 0 amide bonds. The van der Waals surface area contributed by atoms with Crippen LogP contribution in [0.3, 0.4) is 0 Å². The molecule has 0 unspecified atom stereocenters. The molecule has 1 atom stereocenters. The van der Waals surface area contributed by atoms with E-state index in [4.69, 9.17) is 4.43 Å². The Morgan fingerprint density at radius 3 is 2.70 bits per heavy atom. The number of hydrogen-bond donors (Lipinski definition) is 2. The average Bonchev–Trinajstić information content (AvgIpc) is 2.48. The predicted octanol–water partition coefficient (Wildman–Crippen LogP) is 4.37. The summed E-state index contributed by atoms with van der Waals surface area (Å²) in [6.45, 7) is 11.3. The highest BCUT2D eigenvalue weighted by Crippen LogP contribution is 2.39. The second kappa shape index (κ2) is 5.41. The first-order chi connectivity index (χ1) is 9.21. The van der Waals surface area contributed by atoms with Crippen molar-refractivity contribution in [1.29, 1.82) is 0 Å². The van der Waals surface area contributed by atoms with Gasteiger partial charge in [0.15, 0.2) is 8.32 Å². The monoisotopic (exact) mass is 293 g/mol. The number of aliphatic hydroxyl groups is 1. The minimum absolute atomic E-state index is 0.122. The van der Waals surface area contributed by atoms with E-state index in [9.17, 15) is 5.11 Å². The van der Waals surface area contributed by atoms with Crippen LogP contribution in [0.1, 0.15) is 40.0 Å². The molecule has 1 heterocycles. The minimum Gasteiger partial charge on any atom is -0.510 e. The molecule has 0 fully saturated rings. The van der Waals surface area contributed by atoms with Crippen molar-refractivity contribution in [2.24, 2.45) is 0 Å². The summed E-state index contributed by atoms with van der Waals surface area (Å²) in [6, 6.07) is 0. The molecular weight excluding hydrogens is 266 g/mol. The van der Waals surface area contributed by atoms with Gasteiger partial charge in [-0.2, -0.15) is 0 Å². The van der Waals surface area contributed by atoms with E-state index < -0.39 is 8.32 Å². The van der Waals surface area contributed by atoms with Gasteiger partial charge in [-0.3, -0.25) is 0 Å². The van der Waals surface area contributed by atoms with Crippen molar-refractivity contribution in [2.45, 2.75) is 64.3 Å². The van der Waals surface area contributed by atoms with Crippen molar-refractivity contribution < 1.29 is 9.53 Å². The van der Waals surface area contributed by atoms with Crippen molar-refractivity contribution in [1.82, 2.24) is 5.32 Å². The molecule has 2 rings (SSSR count). The van der Waals surface area contributed by atoms with Gasteiger partial charge < -0.3 is 14.8 Å². The molecule has 0 saturated carbocycles. The number of fused-ring (bicyclic) bond motifs is 1. The minimum atomic E-state index is -1.78. The van der Waals surface area contributed by atoms with Crippen LogP contribution in [-0.4, -0.2) is 19.5 Å². The summed E-state index contributed by atoms with van der Waals surface area (Å²) < 4.78 is 6.47. The predicted molar refractivity (Wildman–Crippen MR) is 85.9 cm³/mol. The number of rotatable bonds is 2. The van der Waals surface area contributed by atoms with Crippen LogP contribution in [0.5, 0.6) is 0 Å². The van der Waals surface area contributed by atoms with Gasteiger partial charge in [0, 0.05) is 12.6 Å². The molecule has 2 N–H and O–H groups in total. The Kier molecular flexibility index (Phi) is 4.16. The highest BCUT2D eigenvalue weighted by Gasteiger charge is 2.39. The van der Waals surface area contributed by atoms with Crippen molar-refractivity contribution in [3.63, 3.8) is 0 Å². The molecule has 0 aromatic carbocycles. The molecule has 1 aliphatic heterocycles. The van der Waals surface area contributed by atoms with E-state index >= 15 is 0 Å². The molecule has 0 spiro atoms. The van der Waals surface area contributed by atoms with Crippen LogP contribution in [-0.2, 0) is 4.43 Å². The van der Waals surface area contributed by atoms with Crippen molar-refractivity contribution in [3.05, 3.63) is 35.4 Å². The molecular formula is C16H27NO2Si. The van der Waals surface area contributed by atoms with E-state index in [1.54, 1.807) is 0 Å². The lowest BCUT2D eigenvalue weighted by Gasteiger charge is -2.39. The van der Waals surface area contributed by atoms with E-state index in [-0.39, 0.29) is 11.1 Å². The zero-order chi connectivity index (χ0) is 15.0. The number of nitrogens with one attached hydrogen (secondary N) is 1. The van der Waals surface area contributed by atoms with Crippen LogP contribution in [0.4, 0.5) is 0 Å². The van der Waals surface area contributed by atoms with E-state index in [0.717, 1.165) is 18.5 Å². The molecule has 3 nitrogen and oxygen atoms in total. The third kappa shape index (κ3) is 3.18. The smallest absolute Gasteiger partial charge is 0.192 e. The second-order valence-corrected chi connectivity index (χ2v) is 12.0. The number of allylic oxidation sites excluding steroid dienone is 3. The summed E-state index contributed by atoms with van der Waals surface area (Å²) in [5.74, 6) is 0.432. The van der Waals surface area contributed by atoms with E-state index in [1.807, 2.05) is 12.3 Å². The first-order valence-corrected chi connectivity index (χ1v) is 10.3. The molecule has 20 heavy (non-hydrogen) atoms. The summed E-state index contributed by atoms with van der Waals surface area (Å²) in [5, 5.41) is 13.7. The second-order valence-electron chi connectivity index (χ2n) is 7.26. The van der Waals surface area contributed by atoms with Gasteiger partial charge in [-0.25, -0.2) is 0 Å². The van der Waals surface area contributed by atoms with Crippen molar-refractivity contribution >= 4 is 8.32 Å². The van der Waals surface area contributed by atoms with Gasteiger partial charge in [0.05, 0.1) is 11.8 Å². The van der Waals surface area contributed by atoms with Crippen LogP contribution in [0.25, 0.3) is 0 Å². The number of dihydropyridines is 1. The Morgan fingerprint density at radius 1 is 1.35 bits per heavy atom. The molecule has 4 heteroatoms. The Hall–Kier alpha value is -1.00. The molecule has 0 saturated heterocycles. The van der Waals surface area contributed by atoms with Gasteiger partial charge in [-0.05, 0) is 42.6 Å². The quantitative estimate of drug-likeness (QED) is 0.743. The van der Waals surface area contributed by atoms with Gasteiger partial charge >= 0.3 is 0 Å². The average molecular weight is 293 g/mol. The molecule has 0 aromatic rings. The molecule has 1 aliphatic carbocycles. The van der Waals surface area contributed by atoms with Gasteiger partial charge in [0.25, 0.3) is 0 Å². The summed E-state index contributed by atoms with van der Waals surface area (Å²) in [6.07, 6.45) is 8.59. The summed E-state index contributed by atoms with van der Waals surface area (Å²) in [5.41, 5.74) is 2.07. The molecule has 0 radical (unpaired) electrons. The van der Waals surface area contributed by atoms with Gasteiger partial charge in [-0.1, -0.05) is 26.8 Å². The molecule has 2 aliphatic rings. The summed E-state index contributed by atoms with van der Waals surface area (Å²) >= 11 is 0. The first-order valence-electron chi connectivity index (χ1n) is 7.43. The fraction of sp³-hybridized carbons (Fsp3) is 0.625. The van der Waals surface area contributed by atoms with Crippen molar-refractivity contribution in [2.75, 3.05) is 0 Å². The fourth-order valence-electron chi connectivity index (χ4n) is 2.38. The van der Waals surface area contributed by atoms with Gasteiger partial charge in [-0.15, -0.1) is 0 Å². The highest BCUT2D eigenvalue weighted by molar-refractivity contribution is 6.74. The number of hydrogen-bond acceptors (Lipinski definition) is 3. The topological polar surface area (TPSA) is 41.5 Å². The lowest BCUT2D eigenvalue weighted by Crippen LogP contribution is -2.44. The maximum absolute atomic E-state index is 10.3. The SMILES string of the molecule is CC(C)(C)[Si](C)(C)O[C@@H]1CCC2=CC=CNC2=C(O)C1. The van der Waals surface area contributed by atoms with Crippen LogP contribution in [0.2, 0.25) is 18.1 Å². The molecule has 112 valence electrons. The number of aliphatic hydroxyl groups excluding tert-OH is 1. The first kappa shape index (κ1) is 15.4. The van der Waals surface area contributed by atoms with E-state index in [0.29, 0.717) is 12.2 Å². The Labute approximate surface area is 123 Å². The van der Waals surface area contributed by atoms with Crippen LogP contribution < -0.4 is 5.32 Å². The standard InChI is InChI=1S/C16H27NO2Si/c1-16(2,3)20(4,5)19-13-9-8-12-7-6-10-17-15(12)14(18)11-13/h6-7,10,13,17-18H,8-9,11H2,1-5H3/t13-/m1/s1. The van der Waals surface area contributed by atoms with Crippen LogP contribution in [0.15, 0.2) is 35.4 Å². The summed E-state index contributed by atoms with van der Waals surface area (Å²) in [7, 11) is -1.78. The van der Waals surface area contributed by atoms with Crippen LogP contribution >= 0.6 is 0 Å². The van der Waals surface area contributed by atoms with E-state index in [1.165, 1.54) is 5.57 Å². The highest BCUT2D eigenvalue weighted by atomic mass is 28.4. The lowest BCUT2D eigenvalue weighted by atomic mass is 10.1. The zero-order valence-electron chi connectivity index (χ0n) is 13.3. The summed E-state index contributed by atoms with van der Waals surface area (Å²) in [4.78, 5) is 0. The normalized spacial score (nSPS) is 23.9. The van der Waals surface area contributed by atoms with Crippen molar-refractivity contribution in [3.8, 4) is 0 Å². The van der Waals surface area contributed by atoms with E-state index in [2.05, 4.69) is 45.3 Å². The Morgan fingerprint density at radius 2 is 2.05 bits per heavy atom. The molecule has 0 bridgehead atoms. The van der Waals surface area contributed by atoms with Gasteiger partial charge in [0.1, 0.15) is 5.76 Å². The maximum Gasteiger partial charge on any atom is 0.192 e. The largest absolute Gasteiger partial charge is 0.510 e. The third-order valence-corrected chi connectivity index (χ3v) is 9.19. The van der Waals surface area contributed by atoms with Crippen LogP contribution in [0, 0.1) is 0 Å². The zero-order valence-corrected chi connectivity index (χ0v) is 14.3. The Balaban J connectivity index is 2.13. The van der Waals surface area contributed by atoms with Gasteiger partial charge in [0.2, 0.25) is 0 Å². The third-order valence-electron chi connectivity index (χ3n) is 4.66. The fourth-order valence-corrected chi connectivity index (χ4v) is 3.77. The lowest BCUT2D eigenvalue weighted by molar-refractivity contribution is 0.158. The Bertz CT molecular complexity index is 469. The maximum atomic E-state index is 10.3.